The zero-order valence-corrected chi connectivity index (χ0v) is 12.6. The molecule has 6 nitrogen and oxygen atoms in total. The van der Waals surface area contributed by atoms with Crippen LogP contribution in [0.15, 0.2) is 48.6 Å². The summed E-state index contributed by atoms with van der Waals surface area (Å²) in [6, 6.07) is 7.16. The lowest BCUT2D eigenvalue weighted by atomic mass is 10.2. The second-order valence-electron chi connectivity index (χ2n) is 5.12. The van der Waals surface area contributed by atoms with Gasteiger partial charge in [-0.15, -0.1) is 0 Å². The van der Waals surface area contributed by atoms with Crippen molar-refractivity contribution >= 4 is 11.5 Å². The number of hydrogen-bond donors (Lipinski definition) is 2. The molecule has 0 radical (unpaired) electrons. The molecule has 0 saturated heterocycles. The molecule has 0 saturated carbocycles. The first-order valence-corrected chi connectivity index (χ1v) is 7.04. The molecule has 1 aliphatic rings. The Kier molecular flexibility index (Phi) is 4.26. The van der Waals surface area contributed by atoms with E-state index in [0.29, 0.717) is 18.1 Å². The zero-order valence-electron chi connectivity index (χ0n) is 12.6. The predicted molar refractivity (Wildman–Crippen MR) is 81.4 cm³/mol. The van der Waals surface area contributed by atoms with Crippen LogP contribution >= 0.6 is 0 Å². The quantitative estimate of drug-likeness (QED) is 0.894. The standard InChI is InChI=1S/C15H14F3N5O/c1-10-2-3-11(6-19-10)7-20-14-5-4-12(8-21-14)23-9-13(24-22-23)15(16,17)18/h2-6,8-9,22H,7H2,1H3,(H,20,21). The Morgan fingerprint density at radius 3 is 2.58 bits per heavy atom. The van der Waals surface area contributed by atoms with Crippen LogP contribution in [-0.2, 0) is 11.4 Å². The van der Waals surface area contributed by atoms with Gasteiger partial charge in [0.15, 0.2) is 0 Å². The molecule has 0 aliphatic carbocycles. The number of alkyl halides is 3. The number of aryl methyl sites for hydroxylation is 1. The van der Waals surface area contributed by atoms with Gasteiger partial charge in [-0.05, 0) is 30.7 Å². The zero-order chi connectivity index (χ0) is 17.2. The number of anilines is 2. The van der Waals surface area contributed by atoms with E-state index < -0.39 is 11.9 Å². The van der Waals surface area contributed by atoms with Crippen molar-refractivity contribution in [3.05, 3.63) is 59.9 Å². The van der Waals surface area contributed by atoms with E-state index in [2.05, 4.69) is 25.7 Å². The van der Waals surface area contributed by atoms with E-state index in [0.717, 1.165) is 22.5 Å². The molecule has 9 heteroatoms. The third-order valence-corrected chi connectivity index (χ3v) is 3.25. The van der Waals surface area contributed by atoms with Crippen LogP contribution in [0.25, 0.3) is 0 Å². The Labute approximate surface area is 135 Å². The lowest BCUT2D eigenvalue weighted by Crippen LogP contribution is -2.27. The first kappa shape index (κ1) is 16.1. The van der Waals surface area contributed by atoms with E-state index in [1.165, 1.54) is 6.20 Å². The maximum atomic E-state index is 12.5. The Bertz CT molecular complexity index is 728. The van der Waals surface area contributed by atoms with Crippen LogP contribution in [0.4, 0.5) is 24.7 Å². The van der Waals surface area contributed by atoms with E-state index in [-0.39, 0.29) is 0 Å². The summed E-state index contributed by atoms with van der Waals surface area (Å²) in [6.45, 7) is 2.45. The molecule has 126 valence electrons. The number of halogens is 3. The molecule has 24 heavy (non-hydrogen) atoms. The number of pyridine rings is 2. The minimum Gasteiger partial charge on any atom is -0.382 e. The summed E-state index contributed by atoms with van der Waals surface area (Å²) in [7, 11) is 0. The lowest BCUT2D eigenvalue weighted by molar-refractivity contribution is -0.136. The molecule has 0 amide bonds. The average molecular weight is 337 g/mol. The van der Waals surface area contributed by atoms with Crippen LogP contribution < -0.4 is 15.9 Å². The van der Waals surface area contributed by atoms with E-state index in [1.54, 1.807) is 18.3 Å². The molecule has 2 N–H and O–H groups in total. The van der Waals surface area contributed by atoms with Crippen molar-refractivity contribution < 1.29 is 18.0 Å². The smallest absolute Gasteiger partial charge is 0.382 e. The summed E-state index contributed by atoms with van der Waals surface area (Å²) in [5.74, 6) is -0.518. The molecule has 2 aromatic heterocycles. The third kappa shape index (κ3) is 3.74. The van der Waals surface area contributed by atoms with Gasteiger partial charge in [0.1, 0.15) is 5.82 Å². The van der Waals surface area contributed by atoms with E-state index in [1.807, 2.05) is 19.1 Å². The number of hydrazine groups is 1. The summed E-state index contributed by atoms with van der Waals surface area (Å²) in [5.41, 5.74) is 4.51. The van der Waals surface area contributed by atoms with Crippen LogP contribution in [0.5, 0.6) is 0 Å². The van der Waals surface area contributed by atoms with Crippen molar-refractivity contribution in [3.63, 3.8) is 0 Å². The topological polar surface area (TPSA) is 62.3 Å². The molecule has 3 rings (SSSR count). The maximum Gasteiger partial charge on any atom is 0.453 e. The first-order chi connectivity index (χ1) is 11.4. The van der Waals surface area contributed by atoms with Crippen molar-refractivity contribution in [2.75, 3.05) is 10.3 Å². The molecule has 0 spiro atoms. The maximum absolute atomic E-state index is 12.5. The van der Waals surface area contributed by atoms with Crippen molar-refractivity contribution in [1.29, 1.82) is 0 Å². The highest BCUT2D eigenvalue weighted by atomic mass is 19.4. The second kappa shape index (κ2) is 6.36. The van der Waals surface area contributed by atoms with Gasteiger partial charge in [0.05, 0.1) is 18.1 Å². The van der Waals surface area contributed by atoms with E-state index in [4.69, 9.17) is 0 Å². The lowest BCUT2D eigenvalue weighted by Gasteiger charge is -2.13. The summed E-state index contributed by atoms with van der Waals surface area (Å²) in [4.78, 5) is 12.8. The fourth-order valence-corrected chi connectivity index (χ4v) is 1.96. The molecule has 0 aromatic carbocycles. The van der Waals surface area contributed by atoms with Gasteiger partial charge in [-0.2, -0.15) is 13.2 Å². The first-order valence-electron chi connectivity index (χ1n) is 7.04. The van der Waals surface area contributed by atoms with Gasteiger partial charge >= 0.3 is 6.18 Å². The minimum atomic E-state index is -4.54. The molecule has 0 unspecified atom stereocenters. The minimum absolute atomic E-state index is 0.414. The number of allylic oxidation sites excluding steroid dienone is 1. The van der Waals surface area contributed by atoms with Crippen LogP contribution in [0, 0.1) is 6.92 Å². The predicted octanol–water partition coefficient (Wildman–Crippen LogP) is 3.06. The molecule has 0 bridgehead atoms. The van der Waals surface area contributed by atoms with Gasteiger partial charge in [-0.1, -0.05) is 11.7 Å². The van der Waals surface area contributed by atoms with Crippen molar-refractivity contribution in [2.45, 2.75) is 19.6 Å². The molecule has 3 heterocycles. The molecule has 0 atom stereocenters. The number of hydrogen-bond acceptors (Lipinski definition) is 6. The van der Waals surface area contributed by atoms with Crippen molar-refractivity contribution in [2.24, 2.45) is 0 Å². The molecule has 0 fully saturated rings. The summed E-state index contributed by atoms with van der Waals surface area (Å²) in [6.07, 6.45) is -0.519. The van der Waals surface area contributed by atoms with Crippen LogP contribution in [0.1, 0.15) is 11.3 Å². The number of nitrogens with one attached hydrogen (secondary N) is 2. The largest absolute Gasteiger partial charge is 0.453 e. The summed E-state index contributed by atoms with van der Waals surface area (Å²) in [5, 5.41) is 4.22. The van der Waals surface area contributed by atoms with Crippen LogP contribution in [-0.4, -0.2) is 16.1 Å². The Hall–Kier alpha value is -2.81. The van der Waals surface area contributed by atoms with Gasteiger partial charge in [0.25, 0.3) is 0 Å². The van der Waals surface area contributed by atoms with Gasteiger partial charge < -0.3 is 10.2 Å². The molecule has 2 aromatic rings. The number of rotatable bonds is 4. The van der Waals surface area contributed by atoms with Crippen LogP contribution in [0.2, 0.25) is 0 Å². The normalized spacial score (nSPS) is 14.3. The summed E-state index contributed by atoms with van der Waals surface area (Å²) >= 11 is 0. The molecular formula is C15H14F3N5O. The molecular weight excluding hydrogens is 323 g/mol. The van der Waals surface area contributed by atoms with Gasteiger partial charge in [0, 0.05) is 18.4 Å². The highest BCUT2D eigenvalue weighted by molar-refractivity contribution is 5.51. The number of aromatic nitrogens is 2. The fraction of sp³-hybridized carbons (Fsp3) is 0.200. The Balaban J connectivity index is 1.62. The average Bonchev–Trinajstić information content (AvgIpc) is 3.05. The van der Waals surface area contributed by atoms with E-state index in [9.17, 15) is 13.2 Å². The monoisotopic (exact) mass is 337 g/mol. The van der Waals surface area contributed by atoms with Crippen LogP contribution in [0.3, 0.4) is 0 Å². The third-order valence-electron chi connectivity index (χ3n) is 3.25. The SMILES string of the molecule is Cc1ccc(CNc2ccc(N3C=C(C(F)(F)F)ON3)cn2)cn1. The number of nitrogens with zero attached hydrogens (tertiary/aromatic N) is 3. The highest BCUT2D eigenvalue weighted by Gasteiger charge is 2.40. The van der Waals surface area contributed by atoms with E-state index >= 15 is 0 Å². The fourth-order valence-electron chi connectivity index (χ4n) is 1.96. The van der Waals surface area contributed by atoms with Gasteiger partial charge in [-0.3, -0.25) is 4.98 Å². The highest BCUT2D eigenvalue weighted by Crippen LogP contribution is 2.30. The Morgan fingerprint density at radius 1 is 1.17 bits per heavy atom. The van der Waals surface area contributed by atoms with Crippen molar-refractivity contribution in [1.82, 2.24) is 15.6 Å². The Morgan fingerprint density at radius 2 is 2.00 bits per heavy atom. The van der Waals surface area contributed by atoms with Gasteiger partial charge in [-0.25, -0.2) is 9.99 Å². The van der Waals surface area contributed by atoms with Crippen molar-refractivity contribution in [3.8, 4) is 0 Å². The summed E-state index contributed by atoms with van der Waals surface area (Å²) < 4.78 is 37.5. The second-order valence-corrected chi connectivity index (χ2v) is 5.12. The molecule has 1 aliphatic heterocycles. The van der Waals surface area contributed by atoms with Gasteiger partial charge in [0.2, 0.25) is 5.76 Å².